The van der Waals surface area contributed by atoms with Crippen LogP contribution < -0.4 is 5.32 Å². The molecule has 3 heteroatoms. The highest BCUT2D eigenvalue weighted by atomic mass is 16.5. The number of methoxy groups -OCH3 is 1. The van der Waals surface area contributed by atoms with E-state index in [1.807, 2.05) is 7.11 Å². The van der Waals surface area contributed by atoms with Crippen molar-refractivity contribution in [1.82, 2.24) is 10.2 Å². The van der Waals surface area contributed by atoms with Crippen LogP contribution in [-0.4, -0.2) is 49.8 Å². The molecule has 3 unspecified atom stereocenters. The minimum Gasteiger partial charge on any atom is -0.383 e. The van der Waals surface area contributed by atoms with Gasteiger partial charge in [0.05, 0.1) is 6.61 Å². The highest BCUT2D eigenvalue weighted by Crippen LogP contribution is 2.27. The third kappa shape index (κ3) is 2.58. The molecule has 0 bridgehead atoms. The topological polar surface area (TPSA) is 24.5 Å². The predicted octanol–water partition coefficient (Wildman–Crippen LogP) is 1.63. The molecule has 2 fully saturated rings. The van der Waals surface area contributed by atoms with E-state index in [1.165, 1.54) is 45.2 Å². The molecule has 0 radical (unpaired) electrons. The maximum absolute atomic E-state index is 5.36. The second kappa shape index (κ2) is 5.99. The van der Waals surface area contributed by atoms with Gasteiger partial charge in [-0.05, 0) is 45.2 Å². The molecule has 2 aliphatic rings. The highest BCUT2D eigenvalue weighted by molar-refractivity contribution is 4.94. The third-order valence-electron chi connectivity index (χ3n) is 4.20. The number of nitrogens with one attached hydrogen (secondary N) is 1. The first-order valence-electron chi connectivity index (χ1n) is 6.85. The molecule has 0 amide bonds. The van der Waals surface area contributed by atoms with Gasteiger partial charge >= 0.3 is 0 Å². The average Bonchev–Trinajstić information content (AvgIpc) is 2.94. The second-order valence-electron chi connectivity index (χ2n) is 5.17. The molecule has 2 aliphatic heterocycles. The SMILES string of the molecule is CCC(COC)N1CCCC1C1CCCN1. The summed E-state index contributed by atoms with van der Waals surface area (Å²) in [6.45, 7) is 5.65. The van der Waals surface area contributed by atoms with Gasteiger partial charge in [0.2, 0.25) is 0 Å². The van der Waals surface area contributed by atoms with Crippen LogP contribution in [0.5, 0.6) is 0 Å². The smallest absolute Gasteiger partial charge is 0.0618 e. The van der Waals surface area contributed by atoms with Gasteiger partial charge in [-0.15, -0.1) is 0 Å². The summed E-state index contributed by atoms with van der Waals surface area (Å²) < 4.78 is 5.36. The van der Waals surface area contributed by atoms with E-state index in [2.05, 4.69) is 17.1 Å². The number of likely N-dealkylation sites (tertiary alicyclic amines) is 1. The summed E-state index contributed by atoms with van der Waals surface area (Å²) in [6.07, 6.45) is 6.67. The minimum atomic E-state index is 0.625. The van der Waals surface area contributed by atoms with Gasteiger partial charge in [0.1, 0.15) is 0 Å². The van der Waals surface area contributed by atoms with Crippen molar-refractivity contribution in [3.05, 3.63) is 0 Å². The molecule has 0 saturated carbocycles. The molecule has 0 aromatic rings. The van der Waals surface area contributed by atoms with Crippen molar-refractivity contribution in [2.75, 3.05) is 26.8 Å². The van der Waals surface area contributed by atoms with Crippen LogP contribution in [0, 0.1) is 0 Å². The van der Waals surface area contributed by atoms with Crippen LogP contribution in [0.4, 0.5) is 0 Å². The molecular weight excluding hydrogens is 200 g/mol. The molecule has 1 N–H and O–H groups in total. The van der Waals surface area contributed by atoms with Gasteiger partial charge in [-0.25, -0.2) is 0 Å². The molecule has 0 aliphatic carbocycles. The fourth-order valence-electron chi connectivity index (χ4n) is 3.38. The number of rotatable bonds is 5. The van der Waals surface area contributed by atoms with Crippen LogP contribution in [0.25, 0.3) is 0 Å². The fourth-order valence-corrected chi connectivity index (χ4v) is 3.38. The monoisotopic (exact) mass is 226 g/mol. The molecule has 2 rings (SSSR count). The van der Waals surface area contributed by atoms with Crippen LogP contribution in [-0.2, 0) is 4.74 Å². The van der Waals surface area contributed by atoms with Crippen LogP contribution in [0.15, 0.2) is 0 Å². The van der Waals surface area contributed by atoms with Crippen molar-refractivity contribution >= 4 is 0 Å². The zero-order chi connectivity index (χ0) is 11.4. The zero-order valence-electron chi connectivity index (χ0n) is 10.7. The number of ether oxygens (including phenoxy) is 1. The van der Waals surface area contributed by atoms with Gasteiger partial charge in [-0.2, -0.15) is 0 Å². The first-order chi connectivity index (χ1) is 7.86. The van der Waals surface area contributed by atoms with Crippen molar-refractivity contribution in [2.45, 2.75) is 57.2 Å². The Hall–Kier alpha value is -0.120. The van der Waals surface area contributed by atoms with Crippen LogP contribution in [0.3, 0.4) is 0 Å². The van der Waals surface area contributed by atoms with Gasteiger partial charge in [-0.3, -0.25) is 4.90 Å². The summed E-state index contributed by atoms with van der Waals surface area (Å²) >= 11 is 0. The summed E-state index contributed by atoms with van der Waals surface area (Å²) in [5.41, 5.74) is 0. The molecule has 2 heterocycles. The van der Waals surface area contributed by atoms with Crippen molar-refractivity contribution in [1.29, 1.82) is 0 Å². The Morgan fingerprint density at radius 1 is 1.38 bits per heavy atom. The van der Waals surface area contributed by atoms with E-state index in [9.17, 15) is 0 Å². The average molecular weight is 226 g/mol. The van der Waals surface area contributed by atoms with Crippen molar-refractivity contribution in [3.63, 3.8) is 0 Å². The first-order valence-corrected chi connectivity index (χ1v) is 6.85. The highest BCUT2D eigenvalue weighted by Gasteiger charge is 2.36. The lowest BCUT2D eigenvalue weighted by Crippen LogP contribution is -2.49. The Bertz CT molecular complexity index is 204. The quantitative estimate of drug-likeness (QED) is 0.771. The normalized spacial score (nSPS) is 33.4. The lowest BCUT2D eigenvalue weighted by molar-refractivity contribution is 0.0700. The molecular formula is C13H26N2O. The second-order valence-corrected chi connectivity index (χ2v) is 5.17. The zero-order valence-corrected chi connectivity index (χ0v) is 10.7. The van der Waals surface area contributed by atoms with Gasteiger partial charge in [0.15, 0.2) is 0 Å². The lowest BCUT2D eigenvalue weighted by atomic mass is 10.0. The maximum atomic E-state index is 5.36. The molecule has 0 aromatic heterocycles. The van der Waals surface area contributed by atoms with Crippen LogP contribution >= 0.6 is 0 Å². The predicted molar refractivity (Wildman–Crippen MR) is 66.7 cm³/mol. The Morgan fingerprint density at radius 2 is 2.25 bits per heavy atom. The summed E-state index contributed by atoms with van der Waals surface area (Å²) in [5, 5.41) is 3.67. The maximum Gasteiger partial charge on any atom is 0.0618 e. The number of hydrogen-bond acceptors (Lipinski definition) is 3. The Morgan fingerprint density at radius 3 is 2.88 bits per heavy atom. The lowest BCUT2D eigenvalue weighted by Gasteiger charge is -2.35. The molecule has 2 saturated heterocycles. The molecule has 3 nitrogen and oxygen atoms in total. The van der Waals surface area contributed by atoms with Crippen molar-refractivity contribution in [2.24, 2.45) is 0 Å². The van der Waals surface area contributed by atoms with E-state index in [1.54, 1.807) is 0 Å². The summed E-state index contributed by atoms with van der Waals surface area (Å²) in [5.74, 6) is 0. The van der Waals surface area contributed by atoms with Gasteiger partial charge in [-0.1, -0.05) is 6.92 Å². The Labute approximate surface area is 99.5 Å². The Balaban J connectivity index is 1.95. The molecule has 16 heavy (non-hydrogen) atoms. The van der Waals surface area contributed by atoms with Crippen LogP contribution in [0.1, 0.15) is 39.0 Å². The first kappa shape index (κ1) is 12.3. The van der Waals surface area contributed by atoms with Gasteiger partial charge < -0.3 is 10.1 Å². The number of hydrogen-bond donors (Lipinski definition) is 1. The van der Waals surface area contributed by atoms with Crippen molar-refractivity contribution in [3.8, 4) is 0 Å². The summed E-state index contributed by atoms with van der Waals surface area (Å²) in [7, 11) is 1.82. The molecule has 0 spiro atoms. The largest absolute Gasteiger partial charge is 0.383 e. The fraction of sp³-hybridized carbons (Fsp3) is 1.00. The summed E-state index contributed by atoms with van der Waals surface area (Å²) in [6, 6.07) is 2.14. The van der Waals surface area contributed by atoms with Crippen molar-refractivity contribution < 1.29 is 4.74 Å². The summed E-state index contributed by atoms with van der Waals surface area (Å²) in [4.78, 5) is 2.70. The molecule has 3 atom stereocenters. The van der Waals surface area contributed by atoms with Crippen LogP contribution in [0.2, 0.25) is 0 Å². The van der Waals surface area contributed by atoms with E-state index < -0.39 is 0 Å². The Kier molecular flexibility index (Phi) is 4.62. The number of nitrogens with zero attached hydrogens (tertiary/aromatic N) is 1. The van der Waals surface area contributed by atoms with E-state index in [4.69, 9.17) is 4.74 Å². The van der Waals surface area contributed by atoms with E-state index >= 15 is 0 Å². The third-order valence-corrected chi connectivity index (χ3v) is 4.20. The van der Waals surface area contributed by atoms with E-state index in [0.717, 1.165) is 18.7 Å². The van der Waals surface area contributed by atoms with E-state index in [-0.39, 0.29) is 0 Å². The van der Waals surface area contributed by atoms with Gasteiger partial charge in [0, 0.05) is 25.2 Å². The van der Waals surface area contributed by atoms with Gasteiger partial charge in [0.25, 0.3) is 0 Å². The minimum absolute atomic E-state index is 0.625. The molecule has 94 valence electrons. The molecule has 0 aromatic carbocycles. The standard InChI is InChI=1S/C13H26N2O/c1-3-11(10-16-2)15-9-5-7-13(15)12-6-4-8-14-12/h11-14H,3-10H2,1-2H3. The van der Waals surface area contributed by atoms with E-state index in [0.29, 0.717) is 6.04 Å².